The summed E-state index contributed by atoms with van der Waals surface area (Å²) in [6.07, 6.45) is 1.71. The average molecular weight is 372 g/mol. The lowest BCUT2D eigenvalue weighted by molar-refractivity contribution is 0.353. The summed E-state index contributed by atoms with van der Waals surface area (Å²) < 4.78 is 6.79. The van der Waals surface area contributed by atoms with Crippen LogP contribution in [0, 0.1) is 0 Å². The van der Waals surface area contributed by atoms with Crippen LogP contribution in [0.5, 0.6) is 5.75 Å². The molecule has 0 aliphatic carbocycles. The van der Waals surface area contributed by atoms with Crippen LogP contribution in [0.15, 0.2) is 40.9 Å². The number of hydrogen-bond donors (Lipinski definition) is 0. The first kappa shape index (κ1) is 14.2. The van der Waals surface area contributed by atoms with E-state index < -0.39 is 0 Å². The SMILES string of the molecule is Clc1ccc(CC(Cl)c2cc(Br)cc3c2OCC3)cc1. The number of rotatable bonds is 3. The summed E-state index contributed by atoms with van der Waals surface area (Å²) in [6.45, 7) is 0.739. The fourth-order valence-corrected chi connectivity index (χ4v) is 3.46. The Morgan fingerprint density at radius 1 is 1.20 bits per heavy atom. The third-order valence-corrected chi connectivity index (χ3v) is 4.54. The zero-order valence-electron chi connectivity index (χ0n) is 10.7. The van der Waals surface area contributed by atoms with Gasteiger partial charge < -0.3 is 4.74 Å². The van der Waals surface area contributed by atoms with Gasteiger partial charge in [-0.3, -0.25) is 0 Å². The molecule has 0 amide bonds. The first-order valence-electron chi connectivity index (χ1n) is 6.47. The lowest BCUT2D eigenvalue weighted by Gasteiger charge is -2.15. The van der Waals surface area contributed by atoms with E-state index in [9.17, 15) is 0 Å². The number of benzene rings is 2. The molecule has 0 spiro atoms. The molecule has 0 fully saturated rings. The van der Waals surface area contributed by atoms with Crippen molar-refractivity contribution in [1.82, 2.24) is 0 Å². The molecule has 20 heavy (non-hydrogen) atoms. The smallest absolute Gasteiger partial charge is 0.127 e. The van der Waals surface area contributed by atoms with E-state index in [0.29, 0.717) is 0 Å². The van der Waals surface area contributed by atoms with Gasteiger partial charge in [-0.2, -0.15) is 0 Å². The van der Waals surface area contributed by atoms with Crippen molar-refractivity contribution >= 4 is 39.1 Å². The maximum Gasteiger partial charge on any atom is 0.127 e. The fraction of sp³-hybridized carbons (Fsp3) is 0.250. The van der Waals surface area contributed by atoms with E-state index in [1.165, 1.54) is 11.1 Å². The Kier molecular flexibility index (Phi) is 4.25. The summed E-state index contributed by atoms with van der Waals surface area (Å²) in [7, 11) is 0. The Morgan fingerprint density at radius 2 is 1.95 bits per heavy atom. The summed E-state index contributed by atoms with van der Waals surface area (Å²) in [5.74, 6) is 0.960. The quantitative estimate of drug-likeness (QED) is 0.641. The molecule has 2 aromatic rings. The second-order valence-electron chi connectivity index (χ2n) is 4.88. The number of alkyl halides is 1. The number of fused-ring (bicyclic) bond motifs is 1. The predicted octanol–water partition coefficient (Wildman–Crippen LogP) is 5.56. The third kappa shape index (κ3) is 2.98. The van der Waals surface area contributed by atoms with Crippen LogP contribution in [0.3, 0.4) is 0 Å². The zero-order valence-corrected chi connectivity index (χ0v) is 13.8. The summed E-state index contributed by atoms with van der Waals surface area (Å²) in [5, 5.41) is 0.632. The van der Waals surface area contributed by atoms with E-state index >= 15 is 0 Å². The molecule has 4 heteroatoms. The molecular weight excluding hydrogens is 359 g/mol. The normalized spacial score (nSPS) is 14.8. The molecule has 0 radical (unpaired) electrons. The van der Waals surface area contributed by atoms with Gasteiger partial charge in [-0.05, 0) is 41.8 Å². The summed E-state index contributed by atoms with van der Waals surface area (Å²) in [5.41, 5.74) is 3.46. The number of ether oxygens (including phenoxy) is 1. The van der Waals surface area contributed by atoms with Crippen LogP contribution in [0.1, 0.15) is 22.1 Å². The van der Waals surface area contributed by atoms with Crippen LogP contribution in [0.2, 0.25) is 5.02 Å². The maximum absolute atomic E-state index is 6.60. The third-order valence-electron chi connectivity index (χ3n) is 3.44. The molecule has 2 aromatic carbocycles. The van der Waals surface area contributed by atoms with Crippen molar-refractivity contribution in [1.29, 1.82) is 0 Å². The Bertz CT molecular complexity index is 625. The molecule has 3 rings (SSSR count). The van der Waals surface area contributed by atoms with Crippen LogP contribution in [-0.4, -0.2) is 6.61 Å². The van der Waals surface area contributed by atoms with E-state index in [2.05, 4.69) is 28.1 Å². The molecule has 1 nitrogen and oxygen atoms in total. The summed E-state index contributed by atoms with van der Waals surface area (Å²) in [4.78, 5) is 0. The highest BCUT2D eigenvalue weighted by Crippen LogP contribution is 2.40. The molecule has 1 aliphatic heterocycles. The van der Waals surface area contributed by atoms with Gasteiger partial charge in [-0.15, -0.1) is 11.6 Å². The van der Waals surface area contributed by atoms with Crippen LogP contribution in [0.4, 0.5) is 0 Å². The van der Waals surface area contributed by atoms with Gasteiger partial charge in [0.2, 0.25) is 0 Å². The molecule has 0 bridgehead atoms. The van der Waals surface area contributed by atoms with Gasteiger partial charge in [0, 0.05) is 21.5 Å². The topological polar surface area (TPSA) is 9.23 Å². The standard InChI is InChI=1S/C16H13BrCl2O/c17-12-8-11-5-6-20-16(11)14(9-12)15(19)7-10-1-3-13(18)4-2-10/h1-4,8-9,15H,5-7H2. The van der Waals surface area contributed by atoms with Crippen LogP contribution < -0.4 is 4.74 Å². The largest absolute Gasteiger partial charge is 0.493 e. The Balaban J connectivity index is 1.87. The highest BCUT2D eigenvalue weighted by Gasteiger charge is 2.22. The van der Waals surface area contributed by atoms with Crippen molar-refractivity contribution in [2.24, 2.45) is 0 Å². The van der Waals surface area contributed by atoms with E-state index in [1.54, 1.807) is 0 Å². The second kappa shape index (κ2) is 5.97. The number of halogens is 3. The summed E-state index contributed by atoms with van der Waals surface area (Å²) >= 11 is 16.1. The van der Waals surface area contributed by atoms with Gasteiger partial charge >= 0.3 is 0 Å². The molecule has 1 heterocycles. The van der Waals surface area contributed by atoms with Gasteiger partial charge in [0.15, 0.2) is 0 Å². The molecule has 0 saturated carbocycles. The van der Waals surface area contributed by atoms with Gasteiger partial charge in [0.25, 0.3) is 0 Å². The second-order valence-corrected chi connectivity index (χ2v) is 6.76. The Labute approximate surface area is 137 Å². The van der Waals surface area contributed by atoms with E-state index in [1.807, 2.05) is 24.3 Å². The fourth-order valence-electron chi connectivity index (χ4n) is 2.47. The average Bonchev–Trinajstić information content (AvgIpc) is 2.88. The van der Waals surface area contributed by atoms with Crippen molar-refractivity contribution < 1.29 is 4.74 Å². The minimum Gasteiger partial charge on any atom is -0.493 e. The van der Waals surface area contributed by atoms with Crippen molar-refractivity contribution in [2.45, 2.75) is 18.2 Å². The summed E-state index contributed by atoms with van der Waals surface area (Å²) in [6, 6.07) is 12.0. The van der Waals surface area contributed by atoms with E-state index in [4.69, 9.17) is 27.9 Å². The molecule has 1 atom stereocenters. The van der Waals surface area contributed by atoms with Crippen molar-refractivity contribution in [3.63, 3.8) is 0 Å². The first-order chi connectivity index (χ1) is 9.63. The van der Waals surface area contributed by atoms with E-state index in [0.717, 1.165) is 40.3 Å². The molecule has 0 N–H and O–H groups in total. The molecular formula is C16H13BrCl2O. The van der Waals surface area contributed by atoms with Gasteiger partial charge in [0.1, 0.15) is 5.75 Å². The molecule has 0 saturated heterocycles. The van der Waals surface area contributed by atoms with Crippen molar-refractivity contribution in [3.05, 3.63) is 62.6 Å². The van der Waals surface area contributed by atoms with Crippen molar-refractivity contribution in [3.8, 4) is 5.75 Å². The molecule has 1 aliphatic rings. The van der Waals surface area contributed by atoms with Gasteiger partial charge in [-0.25, -0.2) is 0 Å². The molecule has 104 valence electrons. The van der Waals surface area contributed by atoms with Gasteiger partial charge in [0.05, 0.1) is 12.0 Å². The van der Waals surface area contributed by atoms with Crippen LogP contribution in [0.25, 0.3) is 0 Å². The molecule has 0 aromatic heterocycles. The van der Waals surface area contributed by atoms with Crippen LogP contribution in [-0.2, 0) is 12.8 Å². The number of hydrogen-bond acceptors (Lipinski definition) is 1. The monoisotopic (exact) mass is 370 g/mol. The zero-order chi connectivity index (χ0) is 14.1. The minimum absolute atomic E-state index is 0.111. The Hall–Kier alpha value is -0.700. The lowest BCUT2D eigenvalue weighted by Crippen LogP contribution is -1.99. The van der Waals surface area contributed by atoms with E-state index in [-0.39, 0.29) is 5.38 Å². The van der Waals surface area contributed by atoms with Crippen molar-refractivity contribution in [2.75, 3.05) is 6.61 Å². The minimum atomic E-state index is -0.111. The first-order valence-corrected chi connectivity index (χ1v) is 8.08. The van der Waals surface area contributed by atoms with Gasteiger partial charge in [-0.1, -0.05) is 39.7 Å². The highest BCUT2D eigenvalue weighted by molar-refractivity contribution is 9.10. The predicted molar refractivity (Wildman–Crippen MR) is 87.1 cm³/mol. The Morgan fingerprint density at radius 3 is 2.70 bits per heavy atom. The van der Waals surface area contributed by atoms with Crippen LogP contribution >= 0.6 is 39.1 Å². The highest BCUT2D eigenvalue weighted by atomic mass is 79.9. The maximum atomic E-state index is 6.60. The molecule has 1 unspecified atom stereocenters. The lowest BCUT2D eigenvalue weighted by atomic mass is 10.0.